The minimum Gasteiger partial charge on any atom is -0.508 e. The summed E-state index contributed by atoms with van der Waals surface area (Å²) in [5.41, 5.74) is 1.85. The third kappa shape index (κ3) is 3.82. The molecule has 1 fully saturated rings. The van der Waals surface area contributed by atoms with E-state index in [-0.39, 0.29) is 5.75 Å². The highest BCUT2D eigenvalue weighted by atomic mass is 32.2. The highest BCUT2D eigenvalue weighted by Gasteiger charge is 2.44. The van der Waals surface area contributed by atoms with Gasteiger partial charge in [-0.1, -0.05) is 30.8 Å². The molecule has 4 rings (SSSR count). The third-order valence-corrected chi connectivity index (χ3v) is 6.54. The van der Waals surface area contributed by atoms with Crippen molar-refractivity contribution in [3.05, 3.63) is 54.2 Å². The first kappa shape index (κ1) is 21.2. The van der Waals surface area contributed by atoms with Crippen LogP contribution in [0.15, 0.2) is 58.5 Å². The summed E-state index contributed by atoms with van der Waals surface area (Å²) in [4.78, 5) is 1.92. The SMILES string of the molecule is CCc1ccc(Sc2cn([C@@H]3O[C@H](CO)[C@@H](O)[C@H](O)[C@H]3O)c3cc(O)ccc23)cc1. The summed E-state index contributed by atoms with van der Waals surface area (Å²) in [6, 6.07) is 13.2. The van der Waals surface area contributed by atoms with E-state index in [4.69, 9.17) is 4.74 Å². The second-order valence-electron chi connectivity index (χ2n) is 7.42. The molecule has 1 aliphatic heterocycles. The molecule has 7 nitrogen and oxygen atoms in total. The number of aromatic hydroxyl groups is 1. The summed E-state index contributed by atoms with van der Waals surface area (Å²) in [7, 11) is 0. The molecular formula is C22H25NO6S. The Hall–Kier alpha value is -2.07. The van der Waals surface area contributed by atoms with Crippen molar-refractivity contribution < 1.29 is 30.3 Å². The van der Waals surface area contributed by atoms with E-state index in [1.807, 2.05) is 12.1 Å². The summed E-state index contributed by atoms with van der Waals surface area (Å²) in [6.45, 7) is 1.60. The Morgan fingerprint density at radius 3 is 2.40 bits per heavy atom. The van der Waals surface area contributed by atoms with E-state index >= 15 is 0 Å². The van der Waals surface area contributed by atoms with Crippen LogP contribution >= 0.6 is 11.8 Å². The fourth-order valence-electron chi connectivity index (χ4n) is 3.73. The first-order valence-electron chi connectivity index (χ1n) is 9.83. The van der Waals surface area contributed by atoms with Gasteiger partial charge in [-0.25, -0.2) is 0 Å². The molecule has 5 atom stereocenters. The third-order valence-electron chi connectivity index (χ3n) is 5.48. The van der Waals surface area contributed by atoms with Gasteiger partial charge in [0.1, 0.15) is 30.2 Å². The summed E-state index contributed by atoms with van der Waals surface area (Å²) in [5, 5.41) is 51.2. The van der Waals surface area contributed by atoms with Crippen LogP contribution in [0, 0.1) is 0 Å². The molecule has 5 N–H and O–H groups in total. The number of fused-ring (bicyclic) bond motifs is 1. The summed E-state index contributed by atoms with van der Waals surface area (Å²) < 4.78 is 7.35. The largest absolute Gasteiger partial charge is 0.508 e. The average molecular weight is 432 g/mol. The molecule has 1 aromatic heterocycles. The highest BCUT2D eigenvalue weighted by molar-refractivity contribution is 7.99. The molecule has 0 radical (unpaired) electrons. The fraction of sp³-hybridized carbons (Fsp3) is 0.364. The van der Waals surface area contributed by atoms with Crippen LogP contribution in [0.2, 0.25) is 0 Å². The minimum atomic E-state index is -1.48. The van der Waals surface area contributed by atoms with Crippen molar-refractivity contribution >= 4 is 22.7 Å². The summed E-state index contributed by atoms with van der Waals surface area (Å²) in [5.74, 6) is 0.0512. The van der Waals surface area contributed by atoms with Gasteiger partial charge < -0.3 is 34.8 Å². The number of rotatable bonds is 5. The molecule has 8 heteroatoms. The van der Waals surface area contributed by atoms with Gasteiger partial charge in [-0.2, -0.15) is 0 Å². The van der Waals surface area contributed by atoms with E-state index in [0.717, 1.165) is 21.6 Å². The second kappa shape index (κ2) is 8.58. The van der Waals surface area contributed by atoms with Crippen LogP contribution in [-0.2, 0) is 11.2 Å². The maximum atomic E-state index is 10.6. The number of aliphatic hydroxyl groups is 4. The predicted molar refractivity (Wildman–Crippen MR) is 113 cm³/mol. The van der Waals surface area contributed by atoms with Crippen LogP contribution in [-0.4, -0.2) is 61.1 Å². The first-order valence-corrected chi connectivity index (χ1v) is 10.7. The standard InChI is InChI=1S/C22H25NO6S/c1-2-12-3-6-14(7-4-12)30-18-10-23(16-9-13(25)5-8-15(16)18)22-21(28)20(27)19(26)17(11-24)29-22/h3-10,17,19-22,24-28H,2,11H2,1H3/t17-,19-,20+,21-,22-/m1/s1. The van der Waals surface area contributed by atoms with Crippen molar-refractivity contribution in [1.29, 1.82) is 0 Å². The van der Waals surface area contributed by atoms with Crippen molar-refractivity contribution in [3.63, 3.8) is 0 Å². The summed E-state index contributed by atoms with van der Waals surface area (Å²) in [6.07, 6.45) is -3.63. The molecule has 0 unspecified atom stereocenters. The Morgan fingerprint density at radius 2 is 1.73 bits per heavy atom. The molecule has 0 bridgehead atoms. The number of aryl methyl sites for hydroxylation is 1. The van der Waals surface area contributed by atoms with Crippen LogP contribution in [0.4, 0.5) is 0 Å². The number of aromatic nitrogens is 1. The zero-order valence-corrected chi connectivity index (χ0v) is 17.2. The number of hydrogen-bond acceptors (Lipinski definition) is 7. The lowest BCUT2D eigenvalue weighted by molar-refractivity contribution is -0.250. The van der Waals surface area contributed by atoms with Gasteiger partial charge in [-0.3, -0.25) is 0 Å². The van der Waals surface area contributed by atoms with Crippen molar-refractivity contribution in [3.8, 4) is 5.75 Å². The van der Waals surface area contributed by atoms with Crippen LogP contribution in [0.1, 0.15) is 18.7 Å². The van der Waals surface area contributed by atoms with Crippen LogP contribution < -0.4 is 0 Å². The maximum absolute atomic E-state index is 10.6. The van der Waals surface area contributed by atoms with Crippen LogP contribution in [0.3, 0.4) is 0 Å². The normalized spacial score (nSPS) is 26.9. The molecule has 1 saturated heterocycles. The van der Waals surface area contributed by atoms with Gasteiger partial charge in [-0.05, 0) is 36.2 Å². The van der Waals surface area contributed by atoms with Crippen molar-refractivity contribution in [2.24, 2.45) is 0 Å². The Balaban J connectivity index is 1.75. The molecule has 0 spiro atoms. The lowest BCUT2D eigenvalue weighted by Gasteiger charge is -2.40. The van der Waals surface area contributed by atoms with Gasteiger partial charge in [0.2, 0.25) is 0 Å². The number of phenols is 1. The van der Waals surface area contributed by atoms with E-state index in [1.165, 1.54) is 17.3 Å². The van der Waals surface area contributed by atoms with Crippen molar-refractivity contribution in [2.45, 2.75) is 53.8 Å². The Kier molecular flexibility index (Phi) is 6.06. The van der Waals surface area contributed by atoms with E-state index in [2.05, 4.69) is 19.1 Å². The Labute approximate surface area is 178 Å². The van der Waals surface area contributed by atoms with E-state index in [0.29, 0.717) is 5.52 Å². The van der Waals surface area contributed by atoms with Crippen LogP contribution in [0.5, 0.6) is 5.75 Å². The van der Waals surface area contributed by atoms with Gasteiger partial charge in [0, 0.05) is 27.4 Å². The molecule has 1 aliphatic rings. The molecule has 0 aliphatic carbocycles. The number of nitrogens with zero attached hydrogens (tertiary/aromatic N) is 1. The number of hydrogen-bond donors (Lipinski definition) is 5. The van der Waals surface area contributed by atoms with E-state index in [9.17, 15) is 25.5 Å². The monoisotopic (exact) mass is 431 g/mol. The van der Waals surface area contributed by atoms with Crippen molar-refractivity contribution in [2.75, 3.05) is 6.61 Å². The highest BCUT2D eigenvalue weighted by Crippen LogP contribution is 2.40. The van der Waals surface area contributed by atoms with Gasteiger partial charge in [0.15, 0.2) is 6.23 Å². The smallest absolute Gasteiger partial charge is 0.163 e. The lowest BCUT2D eigenvalue weighted by Crippen LogP contribution is -2.56. The zero-order valence-electron chi connectivity index (χ0n) is 16.4. The molecule has 3 aromatic rings. The topological polar surface area (TPSA) is 115 Å². The Morgan fingerprint density at radius 1 is 1.00 bits per heavy atom. The fourth-order valence-corrected chi connectivity index (χ4v) is 4.71. The molecule has 0 saturated carbocycles. The molecular weight excluding hydrogens is 406 g/mol. The van der Waals surface area contributed by atoms with E-state index < -0.39 is 37.3 Å². The minimum absolute atomic E-state index is 0.0512. The van der Waals surface area contributed by atoms with E-state index in [1.54, 1.807) is 29.0 Å². The average Bonchev–Trinajstić information content (AvgIpc) is 3.10. The molecule has 160 valence electrons. The predicted octanol–water partition coefficient (Wildman–Crippen LogP) is 2.03. The number of ether oxygens (including phenoxy) is 1. The quantitative estimate of drug-likeness (QED) is 0.420. The van der Waals surface area contributed by atoms with Crippen molar-refractivity contribution in [1.82, 2.24) is 4.57 Å². The lowest BCUT2D eigenvalue weighted by atomic mass is 9.98. The van der Waals surface area contributed by atoms with Crippen LogP contribution in [0.25, 0.3) is 10.9 Å². The zero-order chi connectivity index (χ0) is 21.4. The Bertz CT molecular complexity index is 1020. The number of benzene rings is 2. The van der Waals surface area contributed by atoms with Gasteiger partial charge in [0.05, 0.1) is 12.1 Å². The second-order valence-corrected chi connectivity index (χ2v) is 8.54. The molecule has 0 amide bonds. The summed E-state index contributed by atoms with van der Waals surface area (Å²) >= 11 is 1.54. The van der Waals surface area contributed by atoms with Gasteiger partial charge in [-0.15, -0.1) is 0 Å². The molecule has 2 aromatic carbocycles. The number of phenolic OH excluding ortho intramolecular Hbond substituents is 1. The molecule has 2 heterocycles. The van der Waals surface area contributed by atoms with Gasteiger partial charge >= 0.3 is 0 Å². The first-order chi connectivity index (χ1) is 14.4. The maximum Gasteiger partial charge on any atom is 0.163 e. The molecule has 30 heavy (non-hydrogen) atoms. The van der Waals surface area contributed by atoms with Gasteiger partial charge in [0.25, 0.3) is 0 Å². The number of aliphatic hydroxyl groups excluding tert-OH is 4.